The summed E-state index contributed by atoms with van der Waals surface area (Å²) in [7, 11) is -3.52. The Balaban J connectivity index is 3.02. The maximum Gasteiger partial charge on any atom is 0.300 e. The minimum Gasteiger partial charge on any atom is -0.279 e. The Labute approximate surface area is 88.4 Å². The summed E-state index contributed by atoms with van der Waals surface area (Å²) in [6.45, 7) is 3.69. The van der Waals surface area contributed by atoms with Gasteiger partial charge >= 0.3 is 7.59 Å². The summed E-state index contributed by atoms with van der Waals surface area (Å²) in [5.41, 5.74) is 12.4. The van der Waals surface area contributed by atoms with E-state index in [9.17, 15) is 9.36 Å². The molecule has 82 valence electrons. The summed E-state index contributed by atoms with van der Waals surface area (Å²) in [5.74, 6) is -0.510. The van der Waals surface area contributed by atoms with Crippen LogP contribution in [0.15, 0.2) is 18.2 Å². The second kappa shape index (κ2) is 4.14. The molecule has 0 heterocycles. The van der Waals surface area contributed by atoms with Crippen molar-refractivity contribution in [3.05, 3.63) is 34.9 Å². The number of benzene rings is 1. The molecule has 0 aliphatic rings. The quantitative estimate of drug-likeness (QED) is 0.658. The van der Waals surface area contributed by atoms with Crippen LogP contribution in [0.5, 0.6) is 0 Å². The first-order valence-corrected chi connectivity index (χ1v) is 6.22. The number of rotatable bonds is 2. The van der Waals surface area contributed by atoms with Crippen molar-refractivity contribution in [2.75, 3.05) is 0 Å². The van der Waals surface area contributed by atoms with Crippen molar-refractivity contribution in [2.24, 2.45) is 11.0 Å². The van der Waals surface area contributed by atoms with Gasteiger partial charge in [0.25, 0.3) is 5.91 Å². The molecule has 0 atom stereocenters. The predicted molar refractivity (Wildman–Crippen MR) is 59.4 cm³/mol. The summed E-state index contributed by atoms with van der Waals surface area (Å²) in [6, 6.07) is 5.26. The number of carbonyl (C=O) groups excluding carboxylic acids is 1. The van der Waals surface area contributed by atoms with Crippen LogP contribution in [0.1, 0.15) is 21.5 Å². The fraction of sp³-hybridized carbons (Fsp3) is 0.222. The first-order valence-electron chi connectivity index (χ1n) is 4.37. The molecule has 1 amide bonds. The van der Waals surface area contributed by atoms with E-state index in [1.165, 1.54) is 0 Å². The SMILES string of the molecule is Cc1cccc(C(=O)NP(N)(N)=O)c1C. The Bertz CT molecular complexity index is 439. The van der Waals surface area contributed by atoms with Crippen LogP contribution in [0.2, 0.25) is 0 Å². The molecule has 1 aromatic rings. The van der Waals surface area contributed by atoms with Crippen molar-refractivity contribution in [3.63, 3.8) is 0 Å². The molecule has 0 aliphatic heterocycles. The first-order chi connectivity index (χ1) is 6.81. The van der Waals surface area contributed by atoms with Crippen molar-refractivity contribution in [3.8, 4) is 0 Å². The molecule has 5 nitrogen and oxygen atoms in total. The average molecular weight is 227 g/mol. The third-order valence-corrected chi connectivity index (χ3v) is 2.68. The fourth-order valence-corrected chi connectivity index (χ4v) is 1.65. The van der Waals surface area contributed by atoms with Crippen molar-refractivity contribution in [1.29, 1.82) is 0 Å². The molecule has 0 saturated carbocycles. The largest absolute Gasteiger partial charge is 0.300 e. The number of nitrogens with two attached hydrogens (primary N) is 2. The van der Waals surface area contributed by atoms with Gasteiger partial charge in [0.2, 0.25) is 0 Å². The number of aryl methyl sites for hydroxylation is 1. The van der Waals surface area contributed by atoms with E-state index in [1.807, 2.05) is 19.9 Å². The Hall–Kier alpha value is -1.16. The van der Waals surface area contributed by atoms with E-state index in [1.54, 1.807) is 12.1 Å². The van der Waals surface area contributed by atoms with Gasteiger partial charge in [-0.05, 0) is 31.0 Å². The standard InChI is InChI=1S/C9H14N3O2P/c1-6-4-3-5-8(7(6)2)9(13)12-15(10,11)14/h3-5H,1-2H3,(H5,10,11,12,13,14). The van der Waals surface area contributed by atoms with Crippen molar-refractivity contribution in [2.45, 2.75) is 13.8 Å². The number of nitrogens with one attached hydrogen (secondary N) is 1. The van der Waals surface area contributed by atoms with Crippen LogP contribution >= 0.6 is 7.59 Å². The molecule has 0 unspecified atom stereocenters. The second-order valence-electron chi connectivity index (χ2n) is 3.40. The maximum atomic E-state index is 11.6. The third kappa shape index (κ3) is 3.16. The van der Waals surface area contributed by atoms with Gasteiger partial charge in [-0.3, -0.25) is 25.5 Å². The molecule has 0 spiro atoms. The lowest BCUT2D eigenvalue weighted by Gasteiger charge is -2.11. The van der Waals surface area contributed by atoms with Gasteiger partial charge in [0.05, 0.1) is 0 Å². The lowest BCUT2D eigenvalue weighted by Crippen LogP contribution is -2.29. The molecule has 0 aliphatic carbocycles. The van der Waals surface area contributed by atoms with Crippen molar-refractivity contribution < 1.29 is 9.36 Å². The van der Waals surface area contributed by atoms with Gasteiger partial charge < -0.3 is 0 Å². The van der Waals surface area contributed by atoms with Gasteiger partial charge in [-0.15, -0.1) is 0 Å². The molecule has 0 aromatic heterocycles. The van der Waals surface area contributed by atoms with Gasteiger partial charge in [0.1, 0.15) is 0 Å². The molecule has 0 radical (unpaired) electrons. The van der Waals surface area contributed by atoms with Gasteiger partial charge in [0, 0.05) is 5.56 Å². The normalized spacial score (nSPS) is 11.2. The minimum atomic E-state index is -3.52. The second-order valence-corrected chi connectivity index (χ2v) is 5.04. The minimum absolute atomic E-state index is 0.436. The molecule has 6 heteroatoms. The molecule has 0 fully saturated rings. The lowest BCUT2D eigenvalue weighted by molar-refractivity contribution is 0.0980. The third-order valence-electron chi connectivity index (χ3n) is 2.13. The number of carbonyl (C=O) groups is 1. The molecular weight excluding hydrogens is 213 g/mol. The van der Waals surface area contributed by atoms with Gasteiger partial charge in [-0.1, -0.05) is 12.1 Å². The van der Waals surface area contributed by atoms with Crippen molar-refractivity contribution in [1.82, 2.24) is 5.09 Å². The monoisotopic (exact) mass is 227 g/mol. The van der Waals surface area contributed by atoms with E-state index in [-0.39, 0.29) is 0 Å². The van der Waals surface area contributed by atoms with Crippen LogP contribution in [-0.2, 0) is 4.57 Å². The summed E-state index contributed by atoms with van der Waals surface area (Å²) < 4.78 is 11.0. The number of amides is 1. The van der Waals surface area contributed by atoms with Crippen LogP contribution in [0.25, 0.3) is 0 Å². The molecule has 15 heavy (non-hydrogen) atoms. The molecule has 5 N–H and O–H groups in total. The van der Waals surface area contributed by atoms with E-state index >= 15 is 0 Å². The molecule has 0 saturated heterocycles. The van der Waals surface area contributed by atoms with E-state index in [0.29, 0.717) is 5.56 Å². The van der Waals surface area contributed by atoms with Gasteiger partial charge in [-0.2, -0.15) is 0 Å². The molecule has 1 aromatic carbocycles. The smallest absolute Gasteiger partial charge is 0.279 e. The summed E-state index contributed by atoms with van der Waals surface area (Å²) in [5, 5.41) is 2.08. The zero-order chi connectivity index (χ0) is 11.6. The maximum absolute atomic E-state index is 11.6. The van der Waals surface area contributed by atoms with E-state index in [0.717, 1.165) is 11.1 Å². The number of hydrogen-bond donors (Lipinski definition) is 3. The highest BCUT2D eigenvalue weighted by Crippen LogP contribution is 2.20. The fourth-order valence-electron chi connectivity index (χ4n) is 1.22. The van der Waals surface area contributed by atoms with Crippen LogP contribution in [0.3, 0.4) is 0 Å². The Morgan fingerprint density at radius 2 is 1.93 bits per heavy atom. The first kappa shape index (κ1) is 11.9. The molecular formula is C9H14N3O2P. The van der Waals surface area contributed by atoms with Crippen LogP contribution in [0.4, 0.5) is 0 Å². The highest BCUT2D eigenvalue weighted by Gasteiger charge is 2.16. The summed E-state index contributed by atoms with van der Waals surface area (Å²) in [4.78, 5) is 11.6. The Morgan fingerprint density at radius 1 is 1.33 bits per heavy atom. The van der Waals surface area contributed by atoms with Gasteiger partial charge in [-0.25, -0.2) is 0 Å². The Morgan fingerprint density at radius 3 is 2.47 bits per heavy atom. The average Bonchev–Trinajstić information content (AvgIpc) is 2.06. The molecule has 1 rings (SSSR count). The molecule has 0 bridgehead atoms. The van der Waals surface area contributed by atoms with E-state index in [4.69, 9.17) is 11.0 Å². The van der Waals surface area contributed by atoms with Crippen LogP contribution < -0.4 is 16.1 Å². The van der Waals surface area contributed by atoms with Crippen molar-refractivity contribution >= 4 is 13.5 Å². The highest BCUT2D eigenvalue weighted by molar-refractivity contribution is 7.57. The number of hydrogen-bond acceptors (Lipinski definition) is 2. The van der Waals surface area contributed by atoms with E-state index in [2.05, 4.69) is 5.09 Å². The summed E-state index contributed by atoms with van der Waals surface area (Å²) in [6.07, 6.45) is 0. The van der Waals surface area contributed by atoms with Crippen LogP contribution in [-0.4, -0.2) is 5.91 Å². The topological polar surface area (TPSA) is 98.2 Å². The van der Waals surface area contributed by atoms with Crippen LogP contribution in [0, 0.1) is 13.8 Å². The Kier molecular flexibility index (Phi) is 3.29. The van der Waals surface area contributed by atoms with E-state index < -0.39 is 13.5 Å². The zero-order valence-electron chi connectivity index (χ0n) is 8.65. The highest BCUT2D eigenvalue weighted by atomic mass is 31.2. The zero-order valence-corrected chi connectivity index (χ0v) is 9.54. The lowest BCUT2D eigenvalue weighted by atomic mass is 10.0. The van der Waals surface area contributed by atoms with Gasteiger partial charge in [0.15, 0.2) is 0 Å². The predicted octanol–water partition coefficient (Wildman–Crippen LogP) is 1.06. The summed E-state index contributed by atoms with van der Waals surface area (Å²) >= 11 is 0.